The van der Waals surface area contributed by atoms with E-state index >= 15 is 0 Å². The number of hydrogen-bond donors (Lipinski definition) is 0. The Morgan fingerprint density at radius 3 is 2.48 bits per heavy atom. The lowest BCUT2D eigenvalue weighted by Gasteiger charge is -2.27. The second-order valence-electron chi connectivity index (χ2n) is 7.21. The van der Waals surface area contributed by atoms with E-state index in [4.69, 9.17) is 9.47 Å². The zero-order chi connectivity index (χ0) is 18.2. The highest BCUT2D eigenvalue weighted by Crippen LogP contribution is 2.49. The van der Waals surface area contributed by atoms with Crippen molar-refractivity contribution < 1.29 is 19.1 Å². The van der Waals surface area contributed by atoms with Gasteiger partial charge in [0.05, 0.1) is 0 Å². The Labute approximate surface area is 153 Å². The highest BCUT2D eigenvalue weighted by molar-refractivity contribution is 8.00. The van der Waals surface area contributed by atoms with Gasteiger partial charge < -0.3 is 9.47 Å². The summed E-state index contributed by atoms with van der Waals surface area (Å²) in [6, 6.07) is 7.63. The molecule has 1 aliphatic heterocycles. The van der Waals surface area contributed by atoms with Gasteiger partial charge in [0.1, 0.15) is 10.3 Å². The number of ether oxygens (including phenoxy) is 2. The van der Waals surface area contributed by atoms with E-state index in [2.05, 4.69) is 0 Å². The lowest BCUT2D eigenvalue weighted by Crippen LogP contribution is -2.35. The molecule has 0 atom stereocenters. The molecule has 4 nitrogen and oxygen atoms in total. The molecule has 0 aromatic heterocycles. The van der Waals surface area contributed by atoms with Crippen LogP contribution in [0.25, 0.3) is 5.57 Å². The van der Waals surface area contributed by atoms with E-state index in [1.807, 2.05) is 51.3 Å². The Kier molecular flexibility index (Phi) is 4.71. The standard InChI is InChI=1S/C20H24O4S/c1-13-9-5-6-10-14(13)15-16(23-18(22)19(2,3)25-4)20(24-17(15)21)11-7-8-12-20/h5-6,9-10H,7-8,11-12H2,1-4H3. The molecule has 134 valence electrons. The monoisotopic (exact) mass is 360 g/mol. The molecule has 2 aliphatic rings. The fraction of sp³-hybridized carbons (Fsp3) is 0.500. The summed E-state index contributed by atoms with van der Waals surface area (Å²) in [5, 5.41) is 0. The van der Waals surface area contributed by atoms with Crippen LogP contribution in [0.3, 0.4) is 0 Å². The van der Waals surface area contributed by atoms with Gasteiger partial charge in [0.15, 0.2) is 11.4 Å². The molecular formula is C20H24O4S. The van der Waals surface area contributed by atoms with Crippen LogP contribution in [-0.4, -0.2) is 28.5 Å². The predicted octanol–water partition coefficient (Wildman–Crippen LogP) is 4.26. The number of thioether (sulfide) groups is 1. The SMILES string of the molecule is CSC(C)(C)C(=O)OC1=C(c2ccccc2C)C(=O)OC12CCCC2. The van der Waals surface area contributed by atoms with Crippen molar-refractivity contribution in [3.8, 4) is 0 Å². The lowest BCUT2D eigenvalue weighted by atomic mass is 9.93. The van der Waals surface area contributed by atoms with Gasteiger partial charge in [-0.05, 0) is 63.8 Å². The zero-order valence-corrected chi connectivity index (χ0v) is 16.0. The van der Waals surface area contributed by atoms with E-state index in [0.717, 1.165) is 24.0 Å². The summed E-state index contributed by atoms with van der Waals surface area (Å²) in [6.45, 7) is 5.60. The molecule has 1 aromatic rings. The predicted molar refractivity (Wildman–Crippen MR) is 99.1 cm³/mol. The van der Waals surface area contributed by atoms with Crippen molar-refractivity contribution in [1.82, 2.24) is 0 Å². The molecule has 0 unspecified atom stereocenters. The van der Waals surface area contributed by atoms with Gasteiger partial charge in [0.25, 0.3) is 0 Å². The largest absolute Gasteiger partial charge is 0.447 e. The van der Waals surface area contributed by atoms with Crippen molar-refractivity contribution in [3.05, 3.63) is 41.2 Å². The minimum Gasteiger partial charge on any atom is -0.447 e. The number of esters is 2. The van der Waals surface area contributed by atoms with E-state index < -0.39 is 10.3 Å². The van der Waals surface area contributed by atoms with Crippen molar-refractivity contribution >= 4 is 29.3 Å². The topological polar surface area (TPSA) is 52.6 Å². The van der Waals surface area contributed by atoms with Gasteiger partial charge in [0.2, 0.25) is 0 Å². The third-order valence-corrected chi connectivity index (χ3v) is 6.34. The number of aryl methyl sites for hydroxylation is 1. The Balaban J connectivity index is 2.12. The first kappa shape index (κ1) is 18.1. The van der Waals surface area contributed by atoms with E-state index in [-0.39, 0.29) is 11.9 Å². The second kappa shape index (κ2) is 6.52. The third kappa shape index (κ3) is 3.10. The Morgan fingerprint density at radius 1 is 1.24 bits per heavy atom. The average molecular weight is 360 g/mol. The van der Waals surface area contributed by atoms with E-state index in [1.54, 1.807) is 0 Å². The fourth-order valence-corrected chi connectivity index (χ4v) is 3.61. The number of carbonyl (C=O) groups excluding carboxylic acids is 2. The average Bonchev–Trinajstić information content (AvgIpc) is 3.14. The summed E-state index contributed by atoms with van der Waals surface area (Å²) < 4.78 is 11.0. The summed E-state index contributed by atoms with van der Waals surface area (Å²) in [6.07, 6.45) is 5.20. The fourth-order valence-electron chi connectivity index (χ4n) is 3.40. The Hall–Kier alpha value is -1.75. The molecule has 1 spiro atoms. The molecule has 0 saturated heterocycles. The smallest absolute Gasteiger partial charge is 0.343 e. The summed E-state index contributed by atoms with van der Waals surface area (Å²) in [5.41, 5.74) is 1.37. The number of hydrogen-bond acceptors (Lipinski definition) is 5. The van der Waals surface area contributed by atoms with Crippen LogP contribution in [0.15, 0.2) is 30.0 Å². The Morgan fingerprint density at radius 2 is 1.88 bits per heavy atom. The molecular weight excluding hydrogens is 336 g/mol. The van der Waals surface area contributed by atoms with Crippen LogP contribution in [-0.2, 0) is 19.1 Å². The summed E-state index contributed by atoms with van der Waals surface area (Å²) in [4.78, 5) is 25.4. The molecule has 1 saturated carbocycles. The molecule has 1 aliphatic carbocycles. The number of rotatable bonds is 4. The first-order chi connectivity index (χ1) is 11.8. The summed E-state index contributed by atoms with van der Waals surface area (Å²) in [7, 11) is 0. The van der Waals surface area contributed by atoms with Gasteiger partial charge in [-0.15, -0.1) is 11.8 Å². The maximum atomic E-state index is 12.7. The van der Waals surface area contributed by atoms with Crippen molar-refractivity contribution in [2.24, 2.45) is 0 Å². The Bertz CT molecular complexity index is 742. The summed E-state index contributed by atoms with van der Waals surface area (Å²) >= 11 is 1.43. The van der Waals surface area contributed by atoms with Crippen LogP contribution in [0, 0.1) is 6.92 Å². The lowest BCUT2D eigenvalue weighted by molar-refractivity contribution is -0.153. The second-order valence-corrected chi connectivity index (χ2v) is 8.64. The maximum Gasteiger partial charge on any atom is 0.343 e. The van der Waals surface area contributed by atoms with Gasteiger partial charge >= 0.3 is 11.9 Å². The number of benzene rings is 1. The van der Waals surface area contributed by atoms with Crippen molar-refractivity contribution in [2.45, 2.75) is 56.8 Å². The molecule has 0 amide bonds. The van der Waals surface area contributed by atoms with E-state index in [0.29, 0.717) is 24.2 Å². The van der Waals surface area contributed by atoms with Gasteiger partial charge in [-0.1, -0.05) is 24.3 Å². The number of carbonyl (C=O) groups is 2. The van der Waals surface area contributed by atoms with Gasteiger partial charge in [0, 0.05) is 0 Å². The highest BCUT2D eigenvalue weighted by Gasteiger charge is 2.53. The van der Waals surface area contributed by atoms with Crippen LogP contribution >= 0.6 is 11.8 Å². The third-order valence-electron chi connectivity index (χ3n) is 5.16. The van der Waals surface area contributed by atoms with Crippen LogP contribution in [0.5, 0.6) is 0 Å². The van der Waals surface area contributed by atoms with Crippen LogP contribution in [0.1, 0.15) is 50.7 Å². The molecule has 1 aromatic carbocycles. The van der Waals surface area contributed by atoms with E-state index in [9.17, 15) is 9.59 Å². The molecule has 3 rings (SSSR count). The molecule has 0 radical (unpaired) electrons. The molecule has 5 heteroatoms. The molecule has 1 fully saturated rings. The minimum absolute atomic E-state index is 0.342. The van der Waals surface area contributed by atoms with Crippen LogP contribution in [0.2, 0.25) is 0 Å². The first-order valence-electron chi connectivity index (χ1n) is 8.62. The maximum absolute atomic E-state index is 12.7. The quantitative estimate of drug-likeness (QED) is 0.751. The minimum atomic E-state index is -0.779. The molecule has 25 heavy (non-hydrogen) atoms. The van der Waals surface area contributed by atoms with Crippen molar-refractivity contribution in [2.75, 3.05) is 6.26 Å². The van der Waals surface area contributed by atoms with Gasteiger partial charge in [-0.2, -0.15) is 0 Å². The molecule has 0 bridgehead atoms. The van der Waals surface area contributed by atoms with Crippen LogP contribution < -0.4 is 0 Å². The normalized spacial score (nSPS) is 19.4. The summed E-state index contributed by atoms with van der Waals surface area (Å²) in [5.74, 6) is -0.317. The van der Waals surface area contributed by atoms with Crippen molar-refractivity contribution in [1.29, 1.82) is 0 Å². The van der Waals surface area contributed by atoms with Gasteiger partial charge in [-0.25, -0.2) is 4.79 Å². The first-order valence-corrected chi connectivity index (χ1v) is 9.85. The van der Waals surface area contributed by atoms with Crippen LogP contribution in [0.4, 0.5) is 0 Å². The van der Waals surface area contributed by atoms with Gasteiger partial charge in [-0.3, -0.25) is 4.79 Å². The highest BCUT2D eigenvalue weighted by atomic mass is 32.2. The zero-order valence-electron chi connectivity index (χ0n) is 15.2. The van der Waals surface area contributed by atoms with E-state index in [1.165, 1.54) is 11.8 Å². The van der Waals surface area contributed by atoms with Crippen molar-refractivity contribution in [3.63, 3.8) is 0 Å². The molecule has 1 heterocycles. The molecule has 0 N–H and O–H groups in total.